The Morgan fingerprint density at radius 2 is 1.22 bits per heavy atom. The van der Waals surface area contributed by atoms with Gasteiger partial charge in [0.2, 0.25) is 0 Å². The molecule has 0 radical (unpaired) electrons. The topological polar surface area (TPSA) is 49.7 Å². The lowest BCUT2D eigenvalue weighted by molar-refractivity contribution is 0.444. The third kappa shape index (κ3) is 5.48. The van der Waals surface area contributed by atoms with E-state index in [9.17, 15) is 9.67 Å². The number of para-hydroxylation sites is 1. The highest BCUT2D eigenvalue weighted by Gasteiger charge is 2.32. The fourth-order valence-corrected chi connectivity index (χ4v) is 7.23. The second-order valence-electron chi connectivity index (χ2n) is 11.5. The quantitative estimate of drug-likeness (QED) is 0.225. The highest BCUT2D eigenvalue weighted by Crippen LogP contribution is 2.45. The monoisotopic (exact) mass is 509 g/mol. The van der Waals surface area contributed by atoms with E-state index in [-0.39, 0.29) is 16.6 Å². The highest BCUT2D eigenvalue weighted by molar-refractivity contribution is 7.85. The second-order valence-corrected chi connectivity index (χ2v) is 14.2. The van der Waals surface area contributed by atoms with Crippen molar-refractivity contribution in [3.05, 3.63) is 114 Å². The Morgan fingerprint density at radius 3 is 1.73 bits per heavy atom. The number of hydrogen-bond donors (Lipinski definition) is 1. The number of benzene rings is 4. The maximum Gasteiger partial charge on any atom is 0.173 e. The molecule has 37 heavy (non-hydrogen) atoms. The van der Waals surface area contributed by atoms with Crippen molar-refractivity contribution in [1.29, 1.82) is 0 Å². The van der Waals surface area contributed by atoms with Crippen LogP contribution in [0.2, 0.25) is 0 Å². The van der Waals surface area contributed by atoms with Gasteiger partial charge in [-0.05, 0) is 34.6 Å². The summed E-state index contributed by atoms with van der Waals surface area (Å²) < 4.78 is 15.0. The molecule has 0 aromatic heterocycles. The molecule has 0 spiro atoms. The van der Waals surface area contributed by atoms with Crippen molar-refractivity contribution < 1.29 is 9.67 Å². The van der Waals surface area contributed by atoms with Gasteiger partial charge in [-0.15, -0.1) is 0 Å². The van der Waals surface area contributed by atoms with E-state index in [0.29, 0.717) is 16.6 Å². The normalized spacial score (nSPS) is 12.7. The molecule has 0 saturated heterocycles. The van der Waals surface area contributed by atoms with Crippen LogP contribution in [-0.2, 0) is 15.4 Å². The summed E-state index contributed by atoms with van der Waals surface area (Å²) in [5.74, 6) is 0.232. The lowest BCUT2D eigenvalue weighted by Gasteiger charge is -2.27. The molecule has 0 aliphatic rings. The molecule has 0 fully saturated rings. The third-order valence-electron chi connectivity index (χ3n) is 6.62. The van der Waals surface area contributed by atoms with E-state index >= 15 is 0 Å². The summed E-state index contributed by atoms with van der Waals surface area (Å²) in [7, 11) is -3.20. The Kier molecular flexibility index (Phi) is 7.31. The van der Waals surface area contributed by atoms with E-state index in [0.717, 1.165) is 21.7 Å². The molecule has 4 rings (SSSR count). The van der Waals surface area contributed by atoms with Crippen LogP contribution >= 0.6 is 7.14 Å². The molecule has 0 saturated carbocycles. The molecule has 4 aromatic rings. The first-order valence-electron chi connectivity index (χ1n) is 12.7. The van der Waals surface area contributed by atoms with Crippen molar-refractivity contribution in [3.63, 3.8) is 0 Å². The average Bonchev–Trinajstić information content (AvgIpc) is 2.87. The number of rotatable bonds is 5. The van der Waals surface area contributed by atoms with E-state index in [4.69, 9.17) is 4.99 Å². The summed E-state index contributed by atoms with van der Waals surface area (Å²) in [4.78, 5) is 4.84. The van der Waals surface area contributed by atoms with Crippen molar-refractivity contribution in [1.82, 2.24) is 0 Å². The largest absolute Gasteiger partial charge is 0.507 e. The number of nitrogens with zero attached hydrogens (tertiary/aromatic N) is 1. The number of aromatic hydroxyl groups is 1. The van der Waals surface area contributed by atoms with Crippen LogP contribution < -0.4 is 15.9 Å². The number of aliphatic imine (C=N–C) groups is 1. The molecule has 0 bridgehead atoms. The first-order chi connectivity index (χ1) is 17.4. The Hall–Kier alpha value is -3.42. The minimum absolute atomic E-state index is 0.0927. The van der Waals surface area contributed by atoms with Crippen LogP contribution in [0.1, 0.15) is 58.2 Å². The Labute approximate surface area is 221 Å². The predicted octanol–water partition coefficient (Wildman–Crippen LogP) is 7.38. The van der Waals surface area contributed by atoms with Crippen LogP contribution in [0.25, 0.3) is 0 Å². The minimum Gasteiger partial charge on any atom is -0.507 e. The van der Waals surface area contributed by atoms with Crippen LogP contribution in [0.15, 0.2) is 102 Å². The number of hydrogen-bond acceptors (Lipinski definition) is 3. The van der Waals surface area contributed by atoms with Crippen LogP contribution in [0.3, 0.4) is 0 Å². The van der Waals surface area contributed by atoms with Crippen molar-refractivity contribution in [2.45, 2.75) is 52.4 Å². The average molecular weight is 510 g/mol. The van der Waals surface area contributed by atoms with Gasteiger partial charge in [-0.2, -0.15) is 0 Å². The molecule has 0 unspecified atom stereocenters. The summed E-state index contributed by atoms with van der Waals surface area (Å²) >= 11 is 0. The predicted molar refractivity (Wildman–Crippen MR) is 159 cm³/mol. The zero-order valence-corrected chi connectivity index (χ0v) is 23.5. The van der Waals surface area contributed by atoms with Crippen LogP contribution in [-0.4, -0.2) is 11.3 Å². The molecular weight excluding hydrogens is 473 g/mol. The SMILES string of the molecule is CC(C)(C)c1cc(C=Nc2ccccc2P(=O)(c2ccccc2)c2ccccc2)c(O)c(C(C)(C)C)c1. The molecule has 0 aliphatic carbocycles. The summed E-state index contributed by atoms with van der Waals surface area (Å²) in [6.07, 6.45) is 1.71. The van der Waals surface area contributed by atoms with Gasteiger partial charge in [0.25, 0.3) is 0 Å². The van der Waals surface area contributed by atoms with E-state index in [1.54, 1.807) is 6.21 Å². The van der Waals surface area contributed by atoms with Crippen LogP contribution in [0.4, 0.5) is 5.69 Å². The van der Waals surface area contributed by atoms with Gasteiger partial charge in [0.05, 0.1) is 5.69 Å². The van der Waals surface area contributed by atoms with Gasteiger partial charge < -0.3 is 9.67 Å². The minimum atomic E-state index is -3.20. The van der Waals surface area contributed by atoms with Crippen LogP contribution in [0.5, 0.6) is 5.75 Å². The fraction of sp³-hybridized carbons (Fsp3) is 0.242. The van der Waals surface area contributed by atoms with E-state index in [2.05, 4.69) is 47.6 Å². The van der Waals surface area contributed by atoms with Gasteiger partial charge in [0, 0.05) is 33.3 Å². The molecule has 4 aromatic carbocycles. The van der Waals surface area contributed by atoms with Gasteiger partial charge in [0.1, 0.15) is 5.75 Å². The highest BCUT2D eigenvalue weighted by atomic mass is 31.2. The van der Waals surface area contributed by atoms with Gasteiger partial charge in [-0.3, -0.25) is 4.99 Å². The molecule has 1 N–H and O–H groups in total. The molecule has 0 amide bonds. The third-order valence-corrected chi connectivity index (χ3v) is 9.72. The van der Waals surface area contributed by atoms with Crippen molar-refractivity contribution in [2.75, 3.05) is 0 Å². The molecule has 190 valence electrons. The molecule has 3 nitrogen and oxygen atoms in total. The van der Waals surface area contributed by atoms with Crippen LogP contribution in [0, 0.1) is 0 Å². The van der Waals surface area contributed by atoms with Crippen molar-refractivity contribution in [3.8, 4) is 5.75 Å². The van der Waals surface area contributed by atoms with Gasteiger partial charge in [-0.1, -0.05) is 120 Å². The Bertz CT molecular complexity index is 1420. The van der Waals surface area contributed by atoms with Gasteiger partial charge in [-0.25, -0.2) is 0 Å². The summed E-state index contributed by atoms with van der Waals surface area (Å²) in [5.41, 5.74) is 2.96. The van der Waals surface area contributed by atoms with Crippen molar-refractivity contribution in [2.24, 2.45) is 4.99 Å². The smallest absolute Gasteiger partial charge is 0.173 e. The second kappa shape index (κ2) is 10.1. The molecule has 0 heterocycles. The number of phenolic OH excluding ortho intramolecular Hbond substituents is 1. The van der Waals surface area contributed by atoms with E-state index in [1.165, 1.54) is 0 Å². The lowest BCUT2D eigenvalue weighted by Crippen LogP contribution is -2.25. The Morgan fingerprint density at radius 1 is 0.703 bits per heavy atom. The molecule has 0 aliphatic heterocycles. The number of phenols is 1. The van der Waals surface area contributed by atoms with Crippen molar-refractivity contribution >= 4 is 35.0 Å². The maximum atomic E-state index is 15.0. The van der Waals surface area contributed by atoms with Gasteiger partial charge >= 0.3 is 0 Å². The summed E-state index contributed by atoms with van der Waals surface area (Å²) in [6, 6.07) is 30.9. The van der Waals surface area contributed by atoms with Gasteiger partial charge in [0.15, 0.2) is 7.14 Å². The fourth-order valence-electron chi connectivity index (χ4n) is 4.44. The molecule has 4 heteroatoms. The Balaban J connectivity index is 1.91. The standard InChI is InChI=1S/C33H36NO2P/c1-32(2,3)25-21-24(31(35)28(22-25)33(4,5)6)23-34-29-19-13-14-20-30(29)37(36,26-15-9-7-10-16-26)27-17-11-8-12-18-27/h7-23,35H,1-6H3. The molecular formula is C33H36NO2P. The zero-order chi connectivity index (χ0) is 26.8. The van der Waals surface area contributed by atoms with E-state index in [1.807, 2.05) is 91.0 Å². The van der Waals surface area contributed by atoms with E-state index < -0.39 is 7.14 Å². The summed E-state index contributed by atoms with van der Waals surface area (Å²) in [5, 5.41) is 13.4. The zero-order valence-electron chi connectivity index (χ0n) is 22.6. The first kappa shape index (κ1) is 26.6. The lowest BCUT2D eigenvalue weighted by atomic mass is 9.79. The maximum absolute atomic E-state index is 15.0. The first-order valence-corrected chi connectivity index (χ1v) is 14.4. The summed E-state index contributed by atoms with van der Waals surface area (Å²) in [6.45, 7) is 12.8. The molecule has 0 atom stereocenters.